The van der Waals surface area contributed by atoms with E-state index in [0.29, 0.717) is 30.7 Å². The molecule has 0 spiro atoms. The Morgan fingerprint density at radius 3 is 2.02 bits per heavy atom. The number of benzene rings is 2. The molecule has 3 amide bonds. The van der Waals surface area contributed by atoms with Crippen LogP contribution in [0.1, 0.15) is 33.5 Å². The first-order valence-electron chi connectivity index (χ1n) is 14.4. The van der Waals surface area contributed by atoms with Crippen LogP contribution in [0.25, 0.3) is 0 Å². The molecule has 0 saturated carbocycles. The molecule has 4 rings (SSSR count). The first kappa shape index (κ1) is 31.4. The van der Waals surface area contributed by atoms with E-state index < -0.39 is 0 Å². The molecule has 0 saturated heterocycles. The van der Waals surface area contributed by atoms with Crippen molar-refractivity contribution in [1.82, 2.24) is 25.9 Å². The Hall–Kier alpha value is -4.50. The van der Waals surface area contributed by atoms with Crippen LogP contribution in [0, 0.1) is 0 Å². The quantitative estimate of drug-likeness (QED) is 0.169. The SMILES string of the molecule is O=C(CNC(=O)c1cccnc1)N[C@H](CS[C@H](Cc1ccccc1)C(=O)NCCCc1cccnc1)Cc1ccccc1. The molecule has 0 bridgehead atoms. The lowest BCUT2D eigenvalue weighted by molar-refractivity contribution is -0.121. The average molecular weight is 596 g/mol. The maximum atomic E-state index is 13.4. The first-order chi connectivity index (χ1) is 21.1. The van der Waals surface area contributed by atoms with Crippen molar-refractivity contribution in [1.29, 1.82) is 0 Å². The van der Waals surface area contributed by atoms with Gasteiger partial charge in [-0.3, -0.25) is 24.4 Å². The van der Waals surface area contributed by atoms with Crippen LogP contribution >= 0.6 is 11.8 Å². The van der Waals surface area contributed by atoms with Gasteiger partial charge in [-0.25, -0.2) is 0 Å². The second kappa shape index (κ2) is 17.5. The highest BCUT2D eigenvalue weighted by Crippen LogP contribution is 2.20. The minimum absolute atomic E-state index is 0.0199. The zero-order valence-electron chi connectivity index (χ0n) is 24.0. The summed E-state index contributed by atoms with van der Waals surface area (Å²) in [5, 5.41) is 8.52. The van der Waals surface area contributed by atoms with E-state index in [2.05, 4.69) is 25.9 Å². The van der Waals surface area contributed by atoms with Gasteiger partial charge in [0.1, 0.15) is 0 Å². The Balaban J connectivity index is 1.36. The number of hydrogen-bond acceptors (Lipinski definition) is 6. The third-order valence-corrected chi connectivity index (χ3v) is 8.12. The van der Waals surface area contributed by atoms with Crippen molar-refractivity contribution in [2.45, 2.75) is 37.0 Å². The average Bonchev–Trinajstić information content (AvgIpc) is 3.05. The molecule has 0 aliphatic rings. The second-order valence-corrected chi connectivity index (χ2v) is 11.4. The third-order valence-electron chi connectivity index (χ3n) is 6.74. The number of nitrogens with zero attached hydrogens (tertiary/aromatic N) is 2. The summed E-state index contributed by atoms with van der Waals surface area (Å²) in [7, 11) is 0. The smallest absolute Gasteiger partial charge is 0.253 e. The number of amides is 3. The van der Waals surface area contributed by atoms with E-state index in [0.717, 1.165) is 29.5 Å². The molecular formula is C34H37N5O3S. The molecule has 3 N–H and O–H groups in total. The number of rotatable bonds is 16. The van der Waals surface area contributed by atoms with Gasteiger partial charge in [-0.05, 0) is 60.6 Å². The predicted molar refractivity (Wildman–Crippen MR) is 171 cm³/mol. The number of carbonyl (C=O) groups excluding carboxylic acids is 3. The topological polar surface area (TPSA) is 113 Å². The van der Waals surface area contributed by atoms with E-state index >= 15 is 0 Å². The number of carbonyl (C=O) groups is 3. The second-order valence-electron chi connectivity index (χ2n) is 10.1. The first-order valence-corrected chi connectivity index (χ1v) is 15.5. The van der Waals surface area contributed by atoms with Gasteiger partial charge < -0.3 is 16.0 Å². The molecule has 9 heteroatoms. The molecule has 8 nitrogen and oxygen atoms in total. The maximum absolute atomic E-state index is 13.4. The highest BCUT2D eigenvalue weighted by Gasteiger charge is 2.23. The highest BCUT2D eigenvalue weighted by molar-refractivity contribution is 8.00. The summed E-state index contributed by atoms with van der Waals surface area (Å²) in [6, 6.07) is 26.9. The zero-order valence-corrected chi connectivity index (χ0v) is 24.8. The lowest BCUT2D eigenvalue weighted by Gasteiger charge is -2.23. The number of thioether (sulfide) groups is 1. The molecule has 2 aromatic heterocycles. The fourth-order valence-electron chi connectivity index (χ4n) is 4.54. The van der Waals surface area contributed by atoms with E-state index in [-0.39, 0.29) is 35.6 Å². The highest BCUT2D eigenvalue weighted by atomic mass is 32.2. The molecular weight excluding hydrogens is 558 g/mol. The van der Waals surface area contributed by atoms with Gasteiger partial charge in [0.15, 0.2) is 0 Å². The van der Waals surface area contributed by atoms with Crippen LogP contribution in [0.15, 0.2) is 110 Å². The van der Waals surface area contributed by atoms with E-state index in [4.69, 9.17) is 0 Å². The van der Waals surface area contributed by atoms with Crippen molar-refractivity contribution >= 4 is 29.5 Å². The summed E-state index contributed by atoms with van der Waals surface area (Å²) in [6.07, 6.45) is 9.48. The fraction of sp³-hybridized carbons (Fsp3) is 0.265. The van der Waals surface area contributed by atoms with E-state index in [1.165, 1.54) is 18.0 Å². The summed E-state index contributed by atoms with van der Waals surface area (Å²) in [6.45, 7) is 0.412. The molecule has 43 heavy (non-hydrogen) atoms. The van der Waals surface area contributed by atoms with Gasteiger partial charge in [-0.15, -0.1) is 11.8 Å². The maximum Gasteiger partial charge on any atom is 0.253 e. The van der Waals surface area contributed by atoms with Crippen molar-refractivity contribution < 1.29 is 14.4 Å². The molecule has 0 unspecified atom stereocenters. The van der Waals surface area contributed by atoms with Gasteiger partial charge >= 0.3 is 0 Å². The van der Waals surface area contributed by atoms with E-state index in [1.807, 2.05) is 79.0 Å². The standard InChI is InChI=1S/C34H37N5O3S/c40-32(24-38-33(41)29-16-9-18-36-23-29)39-30(20-26-10-3-1-4-11-26)25-43-31(21-27-12-5-2-6-13-27)34(42)37-19-8-15-28-14-7-17-35-22-28/h1-7,9-14,16-18,22-23,30-31H,8,15,19-21,24-25H2,(H,37,42)(H,38,41)(H,39,40)/t30-,31+/m0/s1. The van der Waals surface area contributed by atoms with Crippen molar-refractivity contribution in [3.63, 3.8) is 0 Å². The molecule has 0 radical (unpaired) electrons. The van der Waals surface area contributed by atoms with Gasteiger partial charge in [0.2, 0.25) is 11.8 Å². The Bertz CT molecular complexity index is 1410. The van der Waals surface area contributed by atoms with Gasteiger partial charge in [0.05, 0.1) is 17.4 Å². The summed E-state index contributed by atoms with van der Waals surface area (Å²) in [5.41, 5.74) is 3.68. The van der Waals surface area contributed by atoms with Gasteiger partial charge in [0, 0.05) is 43.1 Å². The van der Waals surface area contributed by atoms with Crippen molar-refractivity contribution in [3.8, 4) is 0 Å². The van der Waals surface area contributed by atoms with Crippen LogP contribution in [-0.4, -0.2) is 57.8 Å². The molecule has 222 valence electrons. The molecule has 2 atom stereocenters. The Labute approximate surface area is 257 Å². The van der Waals surface area contributed by atoms with Crippen LogP contribution in [0.3, 0.4) is 0 Å². The van der Waals surface area contributed by atoms with Crippen LogP contribution in [0.5, 0.6) is 0 Å². The Kier molecular flexibility index (Phi) is 12.8. The van der Waals surface area contributed by atoms with Crippen molar-refractivity contribution in [2.75, 3.05) is 18.8 Å². The molecule has 4 aromatic rings. The number of pyridine rings is 2. The largest absolute Gasteiger partial charge is 0.355 e. The number of nitrogens with one attached hydrogen (secondary N) is 3. The lowest BCUT2D eigenvalue weighted by atomic mass is 10.1. The summed E-state index contributed by atoms with van der Waals surface area (Å²) >= 11 is 1.54. The van der Waals surface area contributed by atoms with Crippen molar-refractivity contribution in [3.05, 3.63) is 132 Å². The summed E-state index contributed by atoms with van der Waals surface area (Å²) in [5.74, 6) is -0.148. The number of aromatic nitrogens is 2. The van der Waals surface area contributed by atoms with Crippen LogP contribution in [0.4, 0.5) is 0 Å². The van der Waals surface area contributed by atoms with Gasteiger partial charge in [-0.2, -0.15) is 0 Å². The van der Waals surface area contributed by atoms with Crippen LogP contribution in [0.2, 0.25) is 0 Å². The minimum Gasteiger partial charge on any atom is -0.355 e. The zero-order chi connectivity index (χ0) is 30.1. The van der Waals surface area contributed by atoms with Gasteiger partial charge in [0.25, 0.3) is 5.91 Å². The van der Waals surface area contributed by atoms with Gasteiger partial charge in [-0.1, -0.05) is 66.7 Å². The normalized spacial score (nSPS) is 12.1. The predicted octanol–water partition coefficient (Wildman–Crippen LogP) is 4.03. The number of aryl methyl sites for hydroxylation is 1. The molecule has 0 aliphatic carbocycles. The third kappa shape index (κ3) is 11.4. The van der Waals surface area contributed by atoms with Crippen LogP contribution in [-0.2, 0) is 28.9 Å². The lowest BCUT2D eigenvalue weighted by Crippen LogP contribution is -2.45. The Morgan fingerprint density at radius 2 is 1.37 bits per heavy atom. The summed E-state index contributed by atoms with van der Waals surface area (Å²) in [4.78, 5) is 46.8. The van der Waals surface area contributed by atoms with Crippen LogP contribution < -0.4 is 16.0 Å². The molecule has 0 fully saturated rings. The number of hydrogen-bond donors (Lipinski definition) is 3. The fourth-order valence-corrected chi connectivity index (χ4v) is 5.75. The van der Waals surface area contributed by atoms with E-state index in [9.17, 15) is 14.4 Å². The summed E-state index contributed by atoms with van der Waals surface area (Å²) < 4.78 is 0. The Morgan fingerprint density at radius 1 is 0.721 bits per heavy atom. The molecule has 0 aliphatic heterocycles. The van der Waals surface area contributed by atoms with Crippen molar-refractivity contribution in [2.24, 2.45) is 0 Å². The minimum atomic E-state index is -0.361. The van der Waals surface area contributed by atoms with E-state index in [1.54, 1.807) is 24.5 Å². The molecule has 2 aromatic carbocycles. The monoisotopic (exact) mass is 595 g/mol. The molecule has 2 heterocycles.